The Morgan fingerprint density at radius 3 is 2.55 bits per heavy atom. The van der Waals surface area contributed by atoms with Gasteiger partial charge >= 0.3 is 6.03 Å². The van der Waals surface area contributed by atoms with Crippen molar-refractivity contribution in [3.8, 4) is 11.6 Å². The van der Waals surface area contributed by atoms with Crippen molar-refractivity contribution >= 4 is 11.8 Å². The summed E-state index contributed by atoms with van der Waals surface area (Å²) in [6, 6.07) is 12.4. The smallest absolute Gasteiger partial charge is 0.320 e. The van der Waals surface area contributed by atoms with Gasteiger partial charge in [-0.3, -0.25) is 10.2 Å². The summed E-state index contributed by atoms with van der Waals surface area (Å²) in [7, 11) is 1.62. The molecule has 1 aliphatic heterocycles. The van der Waals surface area contributed by atoms with Crippen LogP contribution < -0.4 is 15.4 Å². The second-order valence-corrected chi connectivity index (χ2v) is 10.6. The fourth-order valence-corrected chi connectivity index (χ4v) is 4.82. The molecule has 2 amide bonds. The number of aliphatic hydroxyl groups is 1. The number of rotatable bonds is 11. The van der Waals surface area contributed by atoms with Crippen molar-refractivity contribution in [1.82, 2.24) is 20.0 Å². The van der Waals surface area contributed by atoms with Gasteiger partial charge in [0.05, 0.1) is 29.5 Å². The molecule has 2 aromatic carbocycles. The van der Waals surface area contributed by atoms with Gasteiger partial charge in [0.2, 0.25) is 5.88 Å². The third-order valence-electron chi connectivity index (χ3n) is 6.79. The van der Waals surface area contributed by atoms with Crippen LogP contribution in [0.4, 0.5) is 19.4 Å². The third kappa shape index (κ3) is 7.15. The number of halogens is 2. The van der Waals surface area contributed by atoms with E-state index in [0.717, 1.165) is 11.8 Å². The van der Waals surface area contributed by atoms with Crippen molar-refractivity contribution in [1.29, 1.82) is 0 Å². The summed E-state index contributed by atoms with van der Waals surface area (Å²) in [5.74, 6) is -1.34. The number of para-hydroxylation sites is 1. The molecule has 216 valence electrons. The van der Waals surface area contributed by atoms with Gasteiger partial charge in [-0.05, 0) is 50.1 Å². The van der Waals surface area contributed by atoms with Crippen molar-refractivity contribution in [3.05, 3.63) is 71.3 Å². The second-order valence-electron chi connectivity index (χ2n) is 10.6. The molecule has 3 aromatic rings. The zero-order valence-electron chi connectivity index (χ0n) is 23.3. The topological polar surface area (TPSA) is 101 Å². The molecule has 2 heterocycles. The quantitative estimate of drug-likeness (QED) is 0.328. The number of carbonyl (C=O) groups is 1. The Labute approximate surface area is 233 Å². The van der Waals surface area contributed by atoms with Crippen LogP contribution in [0.15, 0.2) is 48.5 Å². The monoisotopic (exact) mass is 557 g/mol. The number of ether oxygens (including phenoxy) is 2. The van der Waals surface area contributed by atoms with E-state index in [0.29, 0.717) is 55.5 Å². The van der Waals surface area contributed by atoms with E-state index in [9.17, 15) is 18.7 Å². The van der Waals surface area contributed by atoms with E-state index in [4.69, 9.17) is 9.47 Å². The average Bonchev–Trinajstić information content (AvgIpc) is 3.48. The molecule has 4 rings (SSSR count). The highest BCUT2D eigenvalue weighted by Gasteiger charge is 2.35. The number of urea groups is 1. The summed E-state index contributed by atoms with van der Waals surface area (Å²) < 4.78 is 40.4. The van der Waals surface area contributed by atoms with E-state index in [1.165, 1.54) is 6.07 Å². The highest BCUT2D eigenvalue weighted by Crippen LogP contribution is 2.32. The van der Waals surface area contributed by atoms with E-state index in [1.807, 2.05) is 37.3 Å². The fraction of sp³-hybridized carbons (Fsp3) is 0.448. The first-order valence-corrected chi connectivity index (χ1v) is 13.4. The van der Waals surface area contributed by atoms with Crippen LogP contribution in [0.2, 0.25) is 0 Å². The van der Waals surface area contributed by atoms with Crippen LogP contribution in [0.1, 0.15) is 37.8 Å². The molecule has 0 radical (unpaired) electrons. The molecule has 40 heavy (non-hydrogen) atoms. The Balaban J connectivity index is 1.60. The molecular weight excluding hydrogens is 520 g/mol. The number of hydrogen-bond donors (Lipinski definition) is 3. The molecule has 0 saturated carbocycles. The summed E-state index contributed by atoms with van der Waals surface area (Å²) in [4.78, 5) is 15.6. The number of hydrogen-bond acceptors (Lipinski definition) is 6. The molecule has 0 bridgehead atoms. The number of amides is 2. The summed E-state index contributed by atoms with van der Waals surface area (Å²) in [5.41, 5.74) is 0.929. The number of aromatic nitrogens is 2. The molecule has 1 saturated heterocycles. The lowest BCUT2D eigenvalue weighted by atomic mass is 9.94. The Kier molecular flexibility index (Phi) is 9.39. The minimum Gasteiger partial charge on any atom is -0.473 e. The summed E-state index contributed by atoms with van der Waals surface area (Å²) in [6.07, 6.45) is 0.509. The van der Waals surface area contributed by atoms with Gasteiger partial charge in [-0.2, -0.15) is 0 Å². The largest absolute Gasteiger partial charge is 0.473 e. The van der Waals surface area contributed by atoms with Crippen molar-refractivity contribution in [3.63, 3.8) is 0 Å². The van der Waals surface area contributed by atoms with Gasteiger partial charge < -0.3 is 19.9 Å². The van der Waals surface area contributed by atoms with Crippen molar-refractivity contribution in [2.75, 3.05) is 45.3 Å². The molecule has 3 N–H and O–H groups in total. The van der Waals surface area contributed by atoms with Gasteiger partial charge in [0, 0.05) is 32.7 Å². The summed E-state index contributed by atoms with van der Waals surface area (Å²) >= 11 is 0. The highest BCUT2D eigenvalue weighted by molar-refractivity contribution is 5.90. The highest BCUT2D eigenvalue weighted by atomic mass is 19.2. The Hall–Kier alpha value is -3.54. The first-order chi connectivity index (χ1) is 19.1. The van der Waals surface area contributed by atoms with Crippen LogP contribution in [0.5, 0.6) is 5.88 Å². The van der Waals surface area contributed by atoms with Gasteiger partial charge in [-0.25, -0.2) is 18.3 Å². The molecule has 11 heteroatoms. The first kappa shape index (κ1) is 29.4. The zero-order chi connectivity index (χ0) is 28.9. The SMILES string of the molecule is CCc1c(OCC(C)(C)O)nn(-c2ccccc2)c1NC(=O)N[C@@H]1CN(CCOC)C[C@H]1c1ccc(F)c(F)c1. The van der Waals surface area contributed by atoms with Crippen molar-refractivity contribution in [2.45, 2.75) is 44.8 Å². The van der Waals surface area contributed by atoms with Gasteiger partial charge in [0.1, 0.15) is 12.4 Å². The van der Waals surface area contributed by atoms with Crippen LogP contribution in [0.3, 0.4) is 0 Å². The first-order valence-electron chi connectivity index (χ1n) is 13.4. The lowest BCUT2D eigenvalue weighted by Gasteiger charge is -2.21. The number of nitrogens with zero attached hydrogens (tertiary/aromatic N) is 3. The van der Waals surface area contributed by atoms with E-state index in [-0.39, 0.29) is 18.6 Å². The van der Waals surface area contributed by atoms with Crippen LogP contribution in [-0.2, 0) is 11.2 Å². The maximum atomic E-state index is 14.1. The molecule has 1 aromatic heterocycles. The Morgan fingerprint density at radius 2 is 1.90 bits per heavy atom. The Morgan fingerprint density at radius 1 is 1.15 bits per heavy atom. The van der Waals surface area contributed by atoms with E-state index >= 15 is 0 Å². The van der Waals surface area contributed by atoms with Crippen molar-refractivity contribution < 1.29 is 28.2 Å². The number of likely N-dealkylation sites (tertiary alicyclic amines) is 1. The number of methoxy groups -OCH3 is 1. The second kappa shape index (κ2) is 12.8. The standard InChI is InChI=1S/C29H37F2N5O4/c1-5-21-26(36(20-9-7-6-8-10-20)34-27(21)40-18-29(2,3)38)33-28(37)32-25-17-35(13-14-39-4)16-22(25)19-11-12-23(30)24(31)15-19/h6-12,15,22,25,38H,5,13-14,16-18H2,1-4H3,(H2,32,33,37)/t22-,25+/m0/s1. The molecule has 2 atom stereocenters. The van der Waals surface area contributed by atoms with Crippen LogP contribution in [0, 0.1) is 11.6 Å². The number of carbonyl (C=O) groups excluding carboxylic acids is 1. The maximum absolute atomic E-state index is 14.1. The molecule has 1 aliphatic rings. The fourth-order valence-electron chi connectivity index (χ4n) is 4.82. The lowest BCUT2D eigenvalue weighted by Crippen LogP contribution is -2.42. The number of benzene rings is 2. The van der Waals surface area contributed by atoms with Crippen LogP contribution in [0.25, 0.3) is 5.69 Å². The molecule has 0 spiro atoms. The number of anilines is 1. The van der Waals surface area contributed by atoms with E-state index < -0.39 is 23.3 Å². The summed E-state index contributed by atoms with van der Waals surface area (Å²) in [6.45, 7) is 7.44. The Bertz CT molecular complexity index is 1300. The third-order valence-corrected chi connectivity index (χ3v) is 6.79. The molecule has 9 nitrogen and oxygen atoms in total. The predicted octanol–water partition coefficient (Wildman–Crippen LogP) is 4.10. The average molecular weight is 558 g/mol. The predicted molar refractivity (Wildman–Crippen MR) is 148 cm³/mol. The molecule has 0 aliphatic carbocycles. The van der Waals surface area contributed by atoms with Gasteiger partial charge in [-0.1, -0.05) is 31.2 Å². The van der Waals surface area contributed by atoms with Crippen molar-refractivity contribution in [2.24, 2.45) is 0 Å². The van der Waals surface area contributed by atoms with E-state index in [1.54, 1.807) is 31.7 Å². The van der Waals surface area contributed by atoms with E-state index in [2.05, 4.69) is 20.6 Å². The molecule has 0 unspecified atom stereocenters. The van der Waals surface area contributed by atoms with Gasteiger partial charge in [0.25, 0.3) is 0 Å². The zero-order valence-corrected chi connectivity index (χ0v) is 23.3. The molecule has 1 fully saturated rings. The number of nitrogens with one attached hydrogen (secondary N) is 2. The minimum absolute atomic E-state index is 0.0206. The maximum Gasteiger partial charge on any atom is 0.320 e. The van der Waals surface area contributed by atoms with Crippen LogP contribution >= 0.6 is 0 Å². The normalized spacial score (nSPS) is 17.7. The minimum atomic E-state index is -1.07. The molecular formula is C29H37F2N5O4. The van der Waals surface area contributed by atoms with Crippen LogP contribution in [-0.4, -0.2) is 77.4 Å². The van der Waals surface area contributed by atoms with Gasteiger partial charge in [0.15, 0.2) is 11.6 Å². The lowest BCUT2D eigenvalue weighted by molar-refractivity contribution is 0.0264. The summed E-state index contributed by atoms with van der Waals surface area (Å²) in [5, 5.41) is 20.8. The van der Waals surface area contributed by atoms with Gasteiger partial charge in [-0.15, -0.1) is 5.10 Å².